The lowest BCUT2D eigenvalue weighted by atomic mass is 9.92. The Balaban J connectivity index is 1.70. The Morgan fingerprint density at radius 2 is 2.24 bits per heavy atom. The number of carbonyl (C=O) groups is 1. The van der Waals surface area contributed by atoms with E-state index in [0.717, 1.165) is 17.1 Å². The molecule has 1 amide bonds. The lowest BCUT2D eigenvalue weighted by Gasteiger charge is -2.30. The standard InChI is InChI=1S/C16H19N3OS/c1-16(2,15-17-7-8-21-15)19-14(20)12-9-11-5-3-4-6-13(11)18-10-12/h3-8,12,18H,9-10H2,1-2H3,(H,19,20). The van der Waals surface area contributed by atoms with Gasteiger partial charge in [0.1, 0.15) is 5.01 Å². The second kappa shape index (κ2) is 5.48. The van der Waals surface area contributed by atoms with Crippen LogP contribution >= 0.6 is 11.3 Å². The van der Waals surface area contributed by atoms with Crippen molar-refractivity contribution in [2.24, 2.45) is 5.92 Å². The van der Waals surface area contributed by atoms with Crippen LogP contribution in [0.2, 0.25) is 0 Å². The third-order valence-electron chi connectivity index (χ3n) is 3.80. The van der Waals surface area contributed by atoms with Crippen molar-refractivity contribution in [3.63, 3.8) is 0 Å². The number of rotatable bonds is 3. The second-order valence-corrected chi connectivity index (χ2v) is 6.79. The van der Waals surface area contributed by atoms with Crippen LogP contribution in [0.3, 0.4) is 0 Å². The van der Waals surface area contributed by atoms with Crippen molar-refractivity contribution in [1.82, 2.24) is 10.3 Å². The normalized spacial score (nSPS) is 17.7. The molecule has 1 unspecified atom stereocenters. The molecule has 1 aliphatic rings. The molecule has 1 aliphatic heterocycles. The zero-order valence-electron chi connectivity index (χ0n) is 12.2. The summed E-state index contributed by atoms with van der Waals surface area (Å²) in [6, 6.07) is 8.16. The number of hydrogen-bond acceptors (Lipinski definition) is 4. The van der Waals surface area contributed by atoms with Crippen molar-refractivity contribution in [3.8, 4) is 0 Å². The van der Waals surface area contributed by atoms with Crippen LogP contribution in [0.5, 0.6) is 0 Å². The fourth-order valence-electron chi connectivity index (χ4n) is 2.62. The Labute approximate surface area is 128 Å². The van der Waals surface area contributed by atoms with Gasteiger partial charge in [-0.25, -0.2) is 4.98 Å². The monoisotopic (exact) mass is 301 g/mol. The maximum atomic E-state index is 12.5. The minimum Gasteiger partial charge on any atom is -0.384 e. The van der Waals surface area contributed by atoms with Gasteiger partial charge < -0.3 is 10.6 Å². The minimum absolute atomic E-state index is 0.0425. The predicted octanol–water partition coefficient (Wildman–Crippen LogP) is 2.78. The second-order valence-electron chi connectivity index (χ2n) is 5.89. The molecule has 2 aromatic rings. The van der Waals surface area contributed by atoms with Crippen LogP contribution < -0.4 is 10.6 Å². The van der Waals surface area contributed by atoms with Gasteiger partial charge in [0.15, 0.2) is 0 Å². The van der Waals surface area contributed by atoms with E-state index >= 15 is 0 Å². The molecule has 0 spiro atoms. The summed E-state index contributed by atoms with van der Waals surface area (Å²) in [6.45, 7) is 4.67. The summed E-state index contributed by atoms with van der Waals surface area (Å²) >= 11 is 1.57. The lowest BCUT2D eigenvalue weighted by molar-refractivity contribution is -0.126. The van der Waals surface area contributed by atoms with Gasteiger partial charge in [-0.05, 0) is 31.9 Å². The van der Waals surface area contributed by atoms with Gasteiger partial charge in [0.25, 0.3) is 0 Å². The Kier molecular flexibility index (Phi) is 3.68. The van der Waals surface area contributed by atoms with E-state index in [1.54, 1.807) is 17.5 Å². The molecule has 0 fully saturated rings. The molecule has 2 N–H and O–H groups in total. The first-order valence-corrected chi connectivity index (χ1v) is 7.98. The smallest absolute Gasteiger partial charge is 0.225 e. The molecule has 0 aliphatic carbocycles. The highest BCUT2D eigenvalue weighted by molar-refractivity contribution is 7.09. The maximum absolute atomic E-state index is 12.5. The molecule has 0 saturated heterocycles. The Morgan fingerprint density at radius 1 is 1.43 bits per heavy atom. The number of nitrogens with zero attached hydrogens (tertiary/aromatic N) is 1. The maximum Gasteiger partial charge on any atom is 0.225 e. The summed E-state index contributed by atoms with van der Waals surface area (Å²) in [5.41, 5.74) is 1.92. The summed E-state index contributed by atoms with van der Waals surface area (Å²) in [7, 11) is 0. The van der Waals surface area contributed by atoms with Crippen LogP contribution in [0.1, 0.15) is 24.4 Å². The van der Waals surface area contributed by atoms with Gasteiger partial charge in [-0.15, -0.1) is 11.3 Å². The number of benzene rings is 1. The number of carbonyl (C=O) groups excluding carboxylic acids is 1. The first-order chi connectivity index (χ1) is 10.1. The summed E-state index contributed by atoms with van der Waals surface area (Å²) in [6.07, 6.45) is 2.55. The average Bonchev–Trinajstić information content (AvgIpc) is 3.01. The highest BCUT2D eigenvalue weighted by Gasteiger charge is 2.31. The fraction of sp³-hybridized carbons (Fsp3) is 0.375. The van der Waals surface area contributed by atoms with Gasteiger partial charge >= 0.3 is 0 Å². The van der Waals surface area contributed by atoms with E-state index in [0.29, 0.717) is 6.54 Å². The third-order valence-corrected chi connectivity index (χ3v) is 4.89. The van der Waals surface area contributed by atoms with E-state index in [1.807, 2.05) is 31.4 Å². The topological polar surface area (TPSA) is 54.0 Å². The van der Waals surface area contributed by atoms with Crippen molar-refractivity contribution in [1.29, 1.82) is 0 Å². The molecule has 3 rings (SSSR count). The number of thiazole rings is 1. The van der Waals surface area contributed by atoms with E-state index in [-0.39, 0.29) is 11.8 Å². The van der Waals surface area contributed by atoms with Crippen molar-refractivity contribution >= 4 is 22.9 Å². The molecule has 1 aromatic carbocycles. The van der Waals surface area contributed by atoms with E-state index in [1.165, 1.54) is 5.56 Å². The number of anilines is 1. The van der Waals surface area contributed by atoms with Crippen LogP contribution in [-0.4, -0.2) is 17.4 Å². The van der Waals surface area contributed by atoms with E-state index in [4.69, 9.17) is 0 Å². The van der Waals surface area contributed by atoms with Crippen LogP contribution in [0.4, 0.5) is 5.69 Å². The highest BCUT2D eigenvalue weighted by Crippen LogP contribution is 2.26. The molecular weight excluding hydrogens is 282 g/mol. The number of nitrogens with one attached hydrogen (secondary N) is 2. The van der Waals surface area contributed by atoms with Crippen LogP contribution in [0.15, 0.2) is 35.8 Å². The highest BCUT2D eigenvalue weighted by atomic mass is 32.1. The Bertz CT molecular complexity index is 637. The molecule has 0 saturated carbocycles. The van der Waals surface area contributed by atoms with Crippen LogP contribution in [-0.2, 0) is 16.8 Å². The molecular formula is C16H19N3OS. The third kappa shape index (κ3) is 2.93. The summed E-state index contributed by atoms with van der Waals surface area (Å²) in [4.78, 5) is 16.9. The number of fused-ring (bicyclic) bond motifs is 1. The molecule has 110 valence electrons. The minimum atomic E-state index is -0.428. The lowest BCUT2D eigenvalue weighted by Crippen LogP contribution is -2.46. The number of para-hydroxylation sites is 1. The van der Waals surface area contributed by atoms with Crippen molar-refractivity contribution in [3.05, 3.63) is 46.4 Å². The fourth-order valence-corrected chi connectivity index (χ4v) is 3.34. The van der Waals surface area contributed by atoms with Crippen LogP contribution in [0.25, 0.3) is 0 Å². The number of amides is 1. The van der Waals surface area contributed by atoms with Crippen molar-refractivity contribution in [2.75, 3.05) is 11.9 Å². The predicted molar refractivity (Wildman–Crippen MR) is 85.4 cm³/mol. The zero-order chi connectivity index (χ0) is 14.9. The SMILES string of the molecule is CC(C)(NC(=O)C1CNc2ccccc2C1)c1nccs1. The van der Waals surface area contributed by atoms with Crippen molar-refractivity contribution < 1.29 is 4.79 Å². The largest absolute Gasteiger partial charge is 0.384 e. The molecule has 2 heterocycles. The molecule has 4 nitrogen and oxygen atoms in total. The Hall–Kier alpha value is -1.88. The van der Waals surface area contributed by atoms with Crippen molar-refractivity contribution in [2.45, 2.75) is 25.8 Å². The first-order valence-electron chi connectivity index (χ1n) is 7.10. The zero-order valence-corrected chi connectivity index (χ0v) is 13.0. The molecule has 1 aromatic heterocycles. The van der Waals surface area contributed by atoms with E-state index in [2.05, 4.69) is 27.8 Å². The number of hydrogen-bond donors (Lipinski definition) is 2. The Morgan fingerprint density at radius 3 is 3.00 bits per heavy atom. The van der Waals surface area contributed by atoms with Gasteiger partial charge in [0, 0.05) is 23.8 Å². The van der Waals surface area contributed by atoms with Gasteiger partial charge in [0.2, 0.25) is 5.91 Å². The molecule has 5 heteroatoms. The summed E-state index contributed by atoms with van der Waals surface area (Å²) in [5, 5.41) is 9.33. The number of aromatic nitrogens is 1. The van der Waals surface area contributed by atoms with Gasteiger partial charge in [-0.3, -0.25) is 4.79 Å². The summed E-state index contributed by atoms with van der Waals surface area (Å²) in [5.74, 6) is 0.0383. The molecule has 21 heavy (non-hydrogen) atoms. The van der Waals surface area contributed by atoms with Crippen LogP contribution in [0, 0.1) is 5.92 Å². The van der Waals surface area contributed by atoms with E-state index in [9.17, 15) is 4.79 Å². The molecule has 1 atom stereocenters. The van der Waals surface area contributed by atoms with E-state index < -0.39 is 5.54 Å². The average molecular weight is 301 g/mol. The molecule has 0 bridgehead atoms. The quantitative estimate of drug-likeness (QED) is 0.916. The summed E-state index contributed by atoms with van der Waals surface area (Å²) < 4.78 is 0. The van der Waals surface area contributed by atoms with Gasteiger partial charge in [-0.1, -0.05) is 18.2 Å². The van der Waals surface area contributed by atoms with Gasteiger partial charge in [0.05, 0.1) is 11.5 Å². The van der Waals surface area contributed by atoms with Gasteiger partial charge in [-0.2, -0.15) is 0 Å². The first kappa shape index (κ1) is 14.1. The molecule has 0 radical (unpaired) electrons.